The van der Waals surface area contributed by atoms with Crippen LogP contribution in [0.25, 0.3) is 0 Å². The number of thiazole rings is 1. The standard InChI is InChI=1S/C29H54NO2S/c1-2-3-4-5-6-7-8-9-10-11-12-13-14-16-19-28-24-29(32-25-28)26-31-22-18-15-17-20-30-21-23-33-27-30/h21,23,27-29H,2-20,22,24-26H2,1H3/q+1. The van der Waals surface area contributed by atoms with E-state index >= 15 is 0 Å². The highest BCUT2D eigenvalue weighted by Crippen LogP contribution is 2.25. The van der Waals surface area contributed by atoms with Gasteiger partial charge in [0.25, 0.3) is 0 Å². The predicted octanol–water partition coefficient (Wildman–Crippen LogP) is 8.50. The minimum Gasteiger partial charge on any atom is -0.379 e. The van der Waals surface area contributed by atoms with Crippen molar-refractivity contribution in [2.75, 3.05) is 19.8 Å². The number of hydrogen-bond donors (Lipinski definition) is 0. The van der Waals surface area contributed by atoms with Crippen LogP contribution < -0.4 is 4.57 Å². The fraction of sp³-hybridized carbons (Fsp3) is 0.897. The van der Waals surface area contributed by atoms with Crippen LogP contribution in [-0.4, -0.2) is 25.9 Å². The van der Waals surface area contributed by atoms with Gasteiger partial charge in [0, 0.05) is 19.6 Å². The van der Waals surface area contributed by atoms with Crippen LogP contribution in [0.1, 0.15) is 129 Å². The van der Waals surface area contributed by atoms with Crippen molar-refractivity contribution in [2.45, 2.75) is 142 Å². The van der Waals surface area contributed by atoms with Crippen molar-refractivity contribution in [1.29, 1.82) is 0 Å². The lowest BCUT2D eigenvalue weighted by Gasteiger charge is -2.10. The van der Waals surface area contributed by atoms with Crippen LogP contribution in [0, 0.1) is 5.92 Å². The minimum absolute atomic E-state index is 0.350. The van der Waals surface area contributed by atoms with Gasteiger partial charge in [-0.25, -0.2) is 0 Å². The van der Waals surface area contributed by atoms with Gasteiger partial charge in [-0.3, -0.25) is 0 Å². The third kappa shape index (κ3) is 16.0. The van der Waals surface area contributed by atoms with Gasteiger partial charge in [0.05, 0.1) is 18.1 Å². The Hall–Kier alpha value is -0.450. The second kappa shape index (κ2) is 20.9. The molecule has 1 aliphatic rings. The molecule has 0 radical (unpaired) electrons. The Morgan fingerprint density at radius 2 is 1.45 bits per heavy atom. The molecule has 2 rings (SSSR count). The highest BCUT2D eigenvalue weighted by Gasteiger charge is 2.24. The van der Waals surface area contributed by atoms with E-state index < -0.39 is 0 Å². The summed E-state index contributed by atoms with van der Waals surface area (Å²) in [5.74, 6) is 0.776. The van der Waals surface area contributed by atoms with Gasteiger partial charge >= 0.3 is 0 Å². The van der Waals surface area contributed by atoms with Crippen LogP contribution in [0.3, 0.4) is 0 Å². The highest BCUT2D eigenvalue weighted by molar-refractivity contribution is 7.07. The maximum Gasteiger partial charge on any atom is 0.224 e. The molecule has 1 fully saturated rings. The Kier molecular flexibility index (Phi) is 18.2. The summed E-state index contributed by atoms with van der Waals surface area (Å²) < 4.78 is 14.2. The smallest absolute Gasteiger partial charge is 0.224 e. The van der Waals surface area contributed by atoms with Crippen LogP contribution in [0.4, 0.5) is 0 Å². The Labute approximate surface area is 209 Å². The summed E-state index contributed by atoms with van der Waals surface area (Å²) in [7, 11) is 0. The quantitative estimate of drug-likeness (QED) is 0.116. The van der Waals surface area contributed by atoms with E-state index in [1.807, 2.05) is 0 Å². The van der Waals surface area contributed by atoms with Gasteiger partial charge in [0.15, 0.2) is 6.20 Å². The molecule has 0 N–H and O–H groups in total. The Bertz CT molecular complexity index is 522. The lowest BCUT2D eigenvalue weighted by molar-refractivity contribution is -0.692. The van der Waals surface area contributed by atoms with Crippen molar-refractivity contribution in [3.8, 4) is 0 Å². The molecule has 192 valence electrons. The SMILES string of the molecule is CCCCCCCCCCCCCCCCC1COC(COCCCCC[n+]2ccsc2)C1. The van der Waals surface area contributed by atoms with E-state index in [4.69, 9.17) is 9.47 Å². The van der Waals surface area contributed by atoms with Crippen molar-refractivity contribution >= 4 is 11.3 Å². The molecule has 0 bridgehead atoms. The number of ether oxygens (including phenoxy) is 2. The number of aryl methyl sites for hydroxylation is 1. The van der Waals surface area contributed by atoms with Crippen molar-refractivity contribution in [1.82, 2.24) is 0 Å². The molecule has 0 aromatic carbocycles. The Morgan fingerprint density at radius 1 is 0.818 bits per heavy atom. The molecule has 1 aromatic rings. The monoisotopic (exact) mass is 480 g/mol. The van der Waals surface area contributed by atoms with Crippen LogP contribution in [0.15, 0.2) is 17.1 Å². The van der Waals surface area contributed by atoms with E-state index in [-0.39, 0.29) is 0 Å². The van der Waals surface area contributed by atoms with Crippen LogP contribution in [0.5, 0.6) is 0 Å². The summed E-state index contributed by atoms with van der Waals surface area (Å²) in [6, 6.07) is 0. The molecule has 4 heteroatoms. The second-order valence-electron chi connectivity index (χ2n) is 10.3. The molecule has 1 aromatic heterocycles. The maximum atomic E-state index is 5.98. The van der Waals surface area contributed by atoms with Crippen LogP contribution >= 0.6 is 11.3 Å². The Balaban J connectivity index is 1.27. The van der Waals surface area contributed by atoms with E-state index in [0.717, 1.165) is 32.3 Å². The molecule has 0 aliphatic carbocycles. The van der Waals surface area contributed by atoms with E-state index in [9.17, 15) is 0 Å². The molecule has 2 unspecified atom stereocenters. The van der Waals surface area contributed by atoms with Crippen molar-refractivity contribution in [2.24, 2.45) is 5.92 Å². The highest BCUT2D eigenvalue weighted by atomic mass is 32.1. The van der Waals surface area contributed by atoms with Gasteiger partial charge in [-0.05, 0) is 31.6 Å². The van der Waals surface area contributed by atoms with Gasteiger partial charge in [0.2, 0.25) is 5.51 Å². The predicted molar refractivity (Wildman–Crippen MR) is 142 cm³/mol. The third-order valence-electron chi connectivity index (χ3n) is 7.17. The number of rotatable bonds is 23. The zero-order valence-corrected chi connectivity index (χ0v) is 22.6. The molecule has 2 heterocycles. The average Bonchev–Trinajstić information content (AvgIpc) is 3.51. The summed E-state index contributed by atoms with van der Waals surface area (Å²) in [6.45, 7) is 6.08. The van der Waals surface area contributed by atoms with Gasteiger partial charge in [0.1, 0.15) is 6.54 Å². The van der Waals surface area contributed by atoms with Gasteiger partial charge in [-0.2, -0.15) is 4.57 Å². The first-order chi connectivity index (χ1) is 16.4. The summed E-state index contributed by atoms with van der Waals surface area (Å²) in [5.41, 5.74) is 2.18. The molecule has 0 spiro atoms. The van der Waals surface area contributed by atoms with E-state index in [0.29, 0.717) is 6.10 Å². The van der Waals surface area contributed by atoms with Crippen molar-refractivity contribution < 1.29 is 14.0 Å². The summed E-state index contributed by atoms with van der Waals surface area (Å²) in [5, 5.41) is 2.14. The topological polar surface area (TPSA) is 22.3 Å². The van der Waals surface area contributed by atoms with Gasteiger partial charge in [-0.1, -0.05) is 108 Å². The first-order valence-electron chi connectivity index (χ1n) is 14.5. The minimum atomic E-state index is 0.350. The largest absolute Gasteiger partial charge is 0.379 e. The molecule has 1 aliphatic heterocycles. The number of aromatic nitrogens is 1. The molecule has 33 heavy (non-hydrogen) atoms. The molecule has 0 saturated carbocycles. The summed E-state index contributed by atoms with van der Waals surface area (Å²) in [4.78, 5) is 0. The molecular weight excluding hydrogens is 426 g/mol. The third-order valence-corrected chi connectivity index (χ3v) is 7.84. The maximum absolute atomic E-state index is 5.98. The number of hydrogen-bond acceptors (Lipinski definition) is 3. The zero-order chi connectivity index (χ0) is 23.2. The van der Waals surface area contributed by atoms with Crippen molar-refractivity contribution in [3.05, 3.63) is 17.1 Å². The first kappa shape index (κ1) is 28.8. The normalized spacial score (nSPS) is 18.3. The van der Waals surface area contributed by atoms with Gasteiger partial charge in [-0.15, -0.1) is 0 Å². The molecule has 0 amide bonds. The van der Waals surface area contributed by atoms with Crippen molar-refractivity contribution in [3.63, 3.8) is 0 Å². The van der Waals surface area contributed by atoms with Gasteiger partial charge < -0.3 is 9.47 Å². The Morgan fingerprint density at radius 3 is 2.09 bits per heavy atom. The second-order valence-corrected chi connectivity index (χ2v) is 11.1. The number of nitrogens with zero attached hydrogens (tertiary/aromatic N) is 1. The van der Waals surface area contributed by atoms with E-state index in [1.165, 1.54) is 122 Å². The average molecular weight is 481 g/mol. The fourth-order valence-corrected chi connectivity index (χ4v) is 5.63. The van der Waals surface area contributed by atoms with Crippen LogP contribution in [-0.2, 0) is 16.0 Å². The fourth-order valence-electron chi connectivity index (χ4n) is 5.00. The molecular formula is C29H54NO2S+. The lowest BCUT2D eigenvalue weighted by Crippen LogP contribution is -2.29. The van der Waals surface area contributed by atoms with Crippen LogP contribution in [0.2, 0.25) is 0 Å². The molecule has 1 saturated heterocycles. The first-order valence-corrected chi connectivity index (χ1v) is 15.4. The lowest BCUT2D eigenvalue weighted by atomic mass is 9.97. The summed E-state index contributed by atoms with van der Waals surface area (Å²) in [6.07, 6.45) is 28.9. The summed E-state index contributed by atoms with van der Waals surface area (Å²) >= 11 is 1.76. The molecule has 3 nitrogen and oxygen atoms in total. The number of unbranched alkanes of at least 4 members (excludes halogenated alkanes) is 15. The van der Waals surface area contributed by atoms with E-state index in [1.54, 1.807) is 11.3 Å². The molecule has 2 atom stereocenters. The zero-order valence-electron chi connectivity index (χ0n) is 21.8. The van der Waals surface area contributed by atoms with E-state index in [2.05, 4.69) is 28.6 Å².